The van der Waals surface area contributed by atoms with Crippen LogP contribution in [-0.2, 0) is 26.1 Å². The number of carbonyl (C=O) groups is 1. The van der Waals surface area contributed by atoms with Gasteiger partial charge in [0.15, 0.2) is 12.3 Å². The molecular formula is C19H26N3O5S+. The lowest BCUT2D eigenvalue weighted by Gasteiger charge is -2.26. The maximum atomic E-state index is 12.6. The van der Waals surface area contributed by atoms with Gasteiger partial charge in [-0.25, -0.2) is 8.42 Å². The van der Waals surface area contributed by atoms with Crippen LogP contribution >= 0.6 is 0 Å². The number of ether oxygens (including phenoxy) is 1. The monoisotopic (exact) mass is 408 g/mol. The molecule has 0 saturated carbocycles. The Kier molecular flexibility index (Phi) is 6.50. The fraction of sp³-hybridized carbons (Fsp3) is 0.421. The average molecular weight is 409 g/mol. The molecule has 2 aromatic rings. The smallest absolute Gasteiger partial charge is 0.279 e. The summed E-state index contributed by atoms with van der Waals surface area (Å²) in [6.45, 7) is 4.28. The van der Waals surface area contributed by atoms with Gasteiger partial charge in [-0.15, -0.1) is 0 Å². The van der Waals surface area contributed by atoms with Crippen molar-refractivity contribution in [2.24, 2.45) is 0 Å². The normalized spacial score (nSPS) is 16.6. The minimum absolute atomic E-state index is 0.149. The van der Waals surface area contributed by atoms with Gasteiger partial charge in [-0.05, 0) is 43.3 Å². The van der Waals surface area contributed by atoms with Gasteiger partial charge in [0.1, 0.15) is 12.3 Å². The van der Waals surface area contributed by atoms with E-state index in [4.69, 9.17) is 9.15 Å². The van der Waals surface area contributed by atoms with Crippen LogP contribution in [0.3, 0.4) is 0 Å². The van der Waals surface area contributed by atoms with Crippen LogP contribution in [0.2, 0.25) is 0 Å². The molecule has 1 aromatic carbocycles. The zero-order valence-electron chi connectivity index (χ0n) is 16.1. The largest absolute Gasteiger partial charge is 0.460 e. The number of carbonyl (C=O) groups excluding carboxylic acids is 1. The van der Waals surface area contributed by atoms with Crippen molar-refractivity contribution in [2.45, 2.75) is 18.4 Å². The molecule has 0 spiro atoms. The Hall–Kier alpha value is -2.20. The van der Waals surface area contributed by atoms with Gasteiger partial charge in [0.05, 0.1) is 25.2 Å². The van der Waals surface area contributed by atoms with Crippen LogP contribution < -0.4 is 10.2 Å². The van der Waals surface area contributed by atoms with Crippen LogP contribution in [0.1, 0.15) is 11.5 Å². The molecule has 8 nitrogen and oxygen atoms in total. The highest BCUT2D eigenvalue weighted by Crippen LogP contribution is 2.19. The first kappa shape index (κ1) is 20.5. The molecular weight excluding hydrogens is 382 g/mol. The summed E-state index contributed by atoms with van der Waals surface area (Å²) in [5.74, 6) is 1.53. The van der Waals surface area contributed by atoms with E-state index in [2.05, 4.69) is 5.32 Å². The van der Waals surface area contributed by atoms with E-state index in [1.54, 1.807) is 12.1 Å². The van der Waals surface area contributed by atoms with Crippen molar-refractivity contribution in [1.82, 2.24) is 4.31 Å². The molecule has 9 heteroatoms. The molecule has 1 aliphatic rings. The fourth-order valence-electron chi connectivity index (χ4n) is 3.07. The Labute approximate surface area is 165 Å². The van der Waals surface area contributed by atoms with E-state index in [9.17, 15) is 13.2 Å². The van der Waals surface area contributed by atoms with Crippen LogP contribution in [0.4, 0.5) is 5.69 Å². The number of nitrogens with zero attached hydrogens (tertiary/aromatic N) is 1. The molecule has 1 saturated heterocycles. The molecule has 2 N–H and O–H groups in total. The van der Waals surface area contributed by atoms with Crippen molar-refractivity contribution in [2.75, 3.05) is 45.2 Å². The molecule has 1 aliphatic heterocycles. The van der Waals surface area contributed by atoms with Crippen molar-refractivity contribution in [3.05, 3.63) is 47.9 Å². The van der Waals surface area contributed by atoms with E-state index in [1.807, 2.05) is 26.1 Å². The third-order valence-electron chi connectivity index (χ3n) is 4.48. The first-order chi connectivity index (χ1) is 13.3. The van der Waals surface area contributed by atoms with Gasteiger partial charge in [-0.1, -0.05) is 0 Å². The highest BCUT2D eigenvalue weighted by Gasteiger charge is 2.26. The lowest BCUT2D eigenvalue weighted by atomic mass is 10.3. The van der Waals surface area contributed by atoms with Gasteiger partial charge in [0.2, 0.25) is 10.0 Å². The molecule has 1 fully saturated rings. The first-order valence-corrected chi connectivity index (χ1v) is 10.6. The van der Waals surface area contributed by atoms with Crippen LogP contribution in [0.15, 0.2) is 45.7 Å². The summed E-state index contributed by atoms with van der Waals surface area (Å²) >= 11 is 0. The molecule has 0 radical (unpaired) electrons. The van der Waals surface area contributed by atoms with Crippen molar-refractivity contribution >= 4 is 21.6 Å². The fourth-order valence-corrected chi connectivity index (χ4v) is 4.47. The van der Waals surface area contributed by atoms with Gasteiger partial charge >= 0.3 is 0 Å². The Balaban J connectivity index is 1.55. The molecule has 1 amide bonds. The molecule has 2 heterocycles. The second-order valence-corrected chi connectivity index (χ2v) is 8.85. The maximum Gasteiger partial charge on any atom is 0.279 e. The minimum atomic E-state index is -3.53. The number of nitrogens with one attached hydrogen (secondary N) is 2. The molecule has 0 bridgehead atoms. The van der Waals surface area contributed by atoms with Crippen LogP contribution in [0.25, 0.3) is 0 Å². The number of anilines is 1. The summed E-state index contributed by atoms with van der Waals surface area (Å²) in [5, 5.41) is 2.80. The summed E-state index contributed by atoms with van der Waals surface area (Å²) in [6, 6.07) is 10.1. The predicted molar refractivity (Wildman–Crippen MR) is 104 cm³/mol. The van der Waals surface area contributed by atoms with Gasteiger partial charge in [-0.3, -0.25) is 4.79 Å². The zero-order valence-corrected chi connectivity index (χ0v) is 16.9. The molecule has 3 rings (SSSR count). The van der Waals surface area contributed by atoms with E-state index >= 15 is 0 Å². The predicted octanol–water partition coefficient (Wildman–Crippen LogP) is 0.262. The van der Waals surface area contributed by atoms with Gasteiger partial charge in [-0.2, -0.15) is 4.31 Å². The van der Waals surface area contributed by atoms with E-state index in [0.717, 1.165) is 16.4 Å². The summed E-state index contributed by atoms with van der Waals surface area (Å²) in [7, 11) is -1.62. The zero-order chi connectivity index (χ0) is 20.1. The molecule has 1 atom stereocenters. The number of quaternary nitrogens is 1. The van der Waals surface area contributed by atoms with E-state index in [1.165, 1.54) is 16.4 Å². The van der Waals surface area contributed by atoms with Gasteiger partial charge < -0.3 is 19.4 Å². The molecule has 1 aromatic heterocycles. The Morgan fingerprint density at radius 1 is 1.14 bits per heavy atom. The van der Waals surface area contributed by atoms with E-state index in [0.29, 0.717) is 38.5 Å². The molecule has 152 valence electrons. The first-order valence-electron chi connectivity index (χ1n) is 9.19. The number of hydrogen-bond acceptors (Lipinski definition) is 5. The molecule has 0 aliphatic carbocycles. The Morgan fingerprint density at radius 3 is 2.43 bits per heavy atom. The topological polar surface area (TPSA) is 93.3 Å². The number of hydrogen-bond donors (Lipinski definition) is 2. The quantitative estimate of drug-likeness (QED) is 0.686. The third kappa shape index (κ3) is 5.20. The highest BCUT2D eigenvalue weighted by atomic mass is 32.2. The summed E-state index contributed by atoms with van der Waals surface area (Å²) in [4.78, 5) is 13.4. The number of aryl methyl sites for hydroxylation is 1. The summed E-state index contributed by atoms with van der Waals surface area (Å²) in [6.07, 6.45) is 0. The SMILES string of the molecule is Cc1ccc(C[NH+](C)CC(=O)Nc2ccc(S(=O)(=O)N3CCOCC3)cc2)o1. The van der Waals surface area contributed by atoms with Gasteiger partial charge in [0.25, 0.3) is 5.91 Å². The second-order valence-electron chi connectivity index (χ2n) is 6.91. The Morgan fingerprint density at radius 2 is 1.82 bits per heavy atom. The van der Waals surface area contributed by atoms with Gasteiger partial charge in [0, 0.05) is 18.8 Å². The lowest BCUT2D eigenvalue weighted by Crippen LogP contribution is -3.08. The number of amides is 1. The van der Waals surface area contributed by atoms with Crippen LogP contribution in [-0.4, -0.2) is 58.5 Å². The Bertz CT molecular complexity index is 902. The van der Waals surface area contributed by atoms with Crippen LogP contribution in [0, 0.1) is 6.92 Å². The number of likely N-dealkylation sites (N-methyl/N-ethyl adjacent to an activating group) is 1. The second kappa shape index (κ2) is 8.87. The number of furan rings is 1. The third-order valence-corrected chi connectivity index (χ3v) is 6.39. The molecule has 28 heavy (non-hydrogen) atoms. The van der Waals surface area contributed by atoms with Crippen molar-refractivity contribution in [3.63, 3.8) is 0 Å². The minimum Gasteiger partial charge on any atom is -0.460 e. The number of benzene rings is 1. The standard InChI is InChI=1S/C19H25N3O5S/c1-15-3-6-17(27-15)13-21(2)14-19(23)20-16-4-7-18(8-5-16)28(24,25)22-9-11-26-12-10-22/h3-8H,9-14H2,1-2H3,(H,20,23)/p+1. The van der Waals surface area contributed by atoms with Crippen molar-refractivity contribution < 1.29 is 27.3 Å². The number of morpholine rings is 1. The van der Waals surface area contributed by atoms with E-state index in [-0.39, 0.29) is 17.3 Å². The number of rotatable bonds is 7. The highest BCUT2D eigenvalue weighted by molar-refractivity contribution is 7.89. The van der Waals surface area contributed by atoms with Crippen molar-refractivity contribution in [1.29, 1.82) is 0 Å². The van der Waals surface area contributed by atoms with Crippen LogP contribution in [0.5, 0.6) is 0 Å². The lowest BCUT2D eigenvalue weighted by molar-refractivity contribution is -0.886. The maximum absolute atomic E-state index is 12.6. The number of sulfonamides is 1. The molecule has 1 unspecified atom stereocenters. The average Bonchev–Trinajstić information content (AvgIpc) is 3.07. The summed E-state index contributed by atoms with van der Waals surface area (Å²) in [5.41, 5.74) is 0.563. The summed E-state index contributed by atoms with van der Waals surface area (Å²) < 4.78 is 37.4. The van der Waals surface area contributed by atoms with Crippen molar-refractivity contribution in [3.8, 4) is 0 Å². The van der Waals surface area contributed by atoms with E-state index < -0.39 is 10.0 Å².